The highest BCUT2D eigenvalue weighted by atomic mass is 19.4. The van der Waals surface area contributed by atoms with E-state index in [1.165, 1.54) is 10.9 Å². The van der Waals surface area contributed by atoms with E-state index in [0.717, 1.165) is 0 Å². The number of nitrogens with one attached hydrogen (secondary N) is 1. The maximum Gasteiger partial charge on any atom is 0.414 e. The van der Waals surface area contributed by atoms with Gasteiger partial charge in [-0.25, -0.2) is 5.48 Å². The number of carbonyl (C=O) groups excluding carboxylic acids is 1. The fourth-order valence-electron chi connectivity index (χ4n) is 0.880. The van der Waals surface area contributed by atoms with E-state index in [2.05, 4.69) is 15.1 Å². The lowest BCUT2D eigenvalue weighted by Gasteiger charge is -2.06. The SMILES string of the molecule is NCCn1cc(C(=O)NOCC(F)(F)F)nn1. The third kappa shape index (κ3) is 4.78. The lowest BCUT2D eigenvalue weighted by molar-refractivity contribution is -0.184. The van der Waals surface area contributed by atoms with Crippen molar-refractivity contribution in [2.45, 2.75) is 12.7 Å². The van der Waals surface area contributed by atoms with Gasteiger partial charge in [-0.15, -0.1) is 5.10 Å². The van der Waals surface area contributed by atoms with Crippen LogP contribution in [0.1, 0.15) is 10.5 Å². The highest BCUT2D eigenvalue weighted by Gasteiger charge is 2.28. The molecule has 0 fully saturated rings. The van der Waals surface area contributed by atoms with Gasteiger partial charge in [-0.3, -0.25) is 14.3 Å². The topological polar surface area (TPSA) is 95.1 Å². The van der Waals surface area contributed by atoms with Crippen molar-refractivity contribution in [2.24, 2.45) is 5.73 Å². The van der Waals surface area contributed by atoms with Crippen LogP contribution in [0.25, 0.3) is 0 Å². The standard InChI is InChI=1S/C7H10F3N5O2/c8-7(9,10)4-17-13-6(16)5-3-15(2-1-11)14-12-5/h3H,1-2,4,11H2,(H,13,16). The largest absolute Gasteiger partial charge is 0.414 e. The first-order chi connectivity index (χ1) is 7.92. The summed E-state index contributed by atoms with van der Waals surface area (Å²) in [7, 11) is 0. The van der Waals surface area contributed by atoms with Crippen molar-refractivity contribution in [1.82, 2.24) is 20.5 Å². The van der Waals surface area contributed by atoms with E-state index in [-0.39, 0.29) is 5.69 Å². The van der Waals surface area contributed by atoms with Gasteiger partial charge in [-0.05, 0) is 0 Å². The fourth-order valence-corrected chi connectivity index (χ4v) is 0.880. The lowest BCUT2D eigenvalue weighted by atomic mass is 10.4. The number of hydrogen-bond acceptors (Lipinski definition) is 5. The van der Waals surface area contributed by atoms with Crippen LogP contribution >= 0.6 is 0 Å². The number of alkyl halides is 3. The maximum absolute atomic E-state index is 11.7. The van der Waals surface area contributed by atoms with Crippen molar-refractivity contribution < 1.29 is 22.8 Å². The molecule has 0 unspecified atom stereocenters. The normalized spacial score (nSPS) is 11.5. The molecule has 1 aromatic rings. The number of aromatic nitrogens is 3. The molecule has 7 nitrogen and oxygen atoms in total. The van der Waals surface area contributed by atoms with Gasteiger partial charge in [0.2, 0.25) is 0 Å². The zero-order valence-electron chi connectivity index (χ0n) is 8.57. The Morgan fingerprint density at radius 3 is 2.88 bits per heavy atom. The summed E-state index contributed by atoms with van der Waals surface area (Å²) in [6, 6.07) is 0. The number of hydrogen-bond donors (Lipinski definition) is 2. The second-order valence-corrected chi connectivity index (χ2v) is 2.99. The Labute approximate surface area is 93.7 Å². The van der Waals surface area contributed by atoms with Gasteiger partial charge in [0.1, 0.15) is 0 Å². The highest BCUT2D eigenvalue weighted by Crippen LogP contribution is 2.13. The summed E-state index contributed by atoms with van der Waals surface area (Å²) >= 11 is 0. The number of hydroxylamine groups is 1. The van der Waals surface area contributed by atoms with Crippen LogP contribution in [-0.4, -0.2) is 40.2 Å². The molecule has 0 atom stereocenters. The minimum Gasteiger partial charge on any atom is -0.329 e. The number of nitrogens with zero attached hydrogens (tertiary/aromatic N) is 3. The van der Waals surface area contributed by atoms with Crippen LogP contribution in [0.3, 0.4) is 0 Å². The smallest absolute Gasteiger partial charge is 0.329 e. The molecule has 96 valence electrons. The molecule has 1 rings (SSSR count). The Morgan fingerprint density at radius 1 is 1.59 bits per heavy atom. The third-order valence-electron chi connectivity index (χ3n) is 1.53. The van der Waals surface area contributed by atoms with Crippen LogP contribution in [0.15, 0.2) is 6.20 Å². The first-order valence-corrected chi connectivity index (χ1v) is 4.51. The van der Waals surface area contributed by atoms with E-state index in [4.69, 9.17) is 5.73 Å². The predicted octanol–water partition coefficient (Wildman–Crippen LogP) is -0.540. The molecule has 0 bridgehead atoms. The first kappa shape index (κ1) is 13.4. The first-order valence-electron chi connectivity index (χ1n) is 4.51. The molecule has 3 N–H and O–H groups in total. The Hall–Kier alpha value is -1.68. The Balaban J connectivity index is 2.41. The van der Waals surface area contributed by atoms with E-state index in [1.54, 1.807) is 5.48 Å². The van der Waals surface area contributed by atoms with Gasteiger partial charge in [0, 0.05) is 6.54 Å². The minimum atomic E-state index is -4.51. The number of rotatable bonds is 5. The van der Waals surface area contributed by atoms with Crippen molar-refractivity contribution in [3.05, 3.63) is 11.9 Å². The lowest BCUT2D eigenvalue weighted by Crippen LogP contribution is -2.29. The van der Waals surface area contributed by atoms with E-state index in [1.807, 2.05) is 0 Å². The van der Waals surface area contributed by atoms with Gasteiger partial charge in [0.15, 0.2) is 12.3 Å². The summed E-state index contributed by atoms with van der Waals surface area (Å²) < 4.78 is 36.4. The average molecular weight is 253 g/mol. The molecule has 1 aromatic heterocycles. The molecule has 0 aliphatic heterocycles. The van der Waals surface area contributed by atoms with Crippen LogP contribution in [0.2, 0.25) is 0 Å². The Bertz CT molecular complexity index is 378. The second-order valence-electron chi connectivity index (χ2n) is 2.99. The van der Waals surface area contributed by atoms with Crippen LogP contribution in [0.5, 0.6) is 0 Å². The third-order valence-corrected chi connectivity index (χ3v) is 1.53. The van der Waals surface area contributed by atoms with Crippen molar-refractivity contribution in [3.8, 4) is 0 Å². The van der Waals surface area contributed by atoms with Crippen molar-refractivity contribution in [1.29, 1.82) is 0 Å². The highest BCUT2D eigenvalue weighted by molar-refractivity contribution is 5.90. The molecule has 0 aliphatic carbocycles. The van der Waals surface area contributed by atoms with Gasteiger partial charge in [0.25, 0.3) is 5.91 Å². The number of halogens is 3. The zero-order valence-corrected chi connectivity index (χ0v) is 8.57. The van der Waals surface area contributed by atoms with Crippen molar-refractivity contribution >= 4 is 5.91 Å². The van der Waals surface area contributed by atoms with Crippen LogP contribution in [0, 0.1) is 0 Å². The summed E-state index contributed by atoms with van der Waals surface area (Å²) in [5.41, 5.74) is 6.69. The van der Waals surface area contributed by atoms with Crippen molar-refractivity contribution in [3.63, 3.8) is 0 Å². The van der Waals surface area contributed by atoms with Crippen LogP contribution in [-0.2, 0) is 11.4 Å². The number of nitrogens with two attached hydrogens (primary N) is 1. The molecule has 0 aliphatic rings. The fraction of sp³-hybridized carbons (Fsp3) is 0.571. The molecular formula is C7H10F3N5O2. The quantitative estimate of drug-likeness (QED) is 0.687. The molecule has 1 heterocycles. The average Bonchev–Trinajstić information content (AvgIpc) is 2.65. The van der Waals surface area contributed by atoms with E-state index < -0.39 is 18.7 Å². The van der Waals surface area contributed by atoms with Gasteiger partial charge < -0.3 is 5.73 Å². The van der Waals surface area contributed by atoms with Gasteiger partial charge in [0.05, 0.1) is 12.7 Å². The molecule has 10 heteroatoms. The molecule has 0 saturated heterocycles. The molecule has 0 radical (unpaired) electrons. The van der Waals surface area contributed by atoms with E-state index >= 15 is 0 Å². The maximum atomic E-state index is 11.7. The molecule has 17 heavy (non-hydrogen) atoms. The molecule has 1 amide bonds. The summed E-state index contributed by atoms with van der Waals surface area (Å²) in [4.78, 5) is 15.2. The summed E-state index contributed by atoms with van der Waals surface area (Å²) in [6.07, 6.45) is -3.26. The molecule has 0 saturated carbocycles. The van der Waals surface area contributed by atoms with E-state index in [0.29, 0.717) is 13.1 Å². The number of amides is 1. The van der Waals surface area contributed by atoms with Crippen LogP contribution < -0.4 is 11.2 Å². The van der Waals surface area contributed by atoms with Gasteiger partial charge in [-0.2, -0.15) is 13.2 Å². The minimum absolute atomic E-state index is 0.152. The summed E-state index contributed by atoms with van der Waals surface area (Å²) in [5.74, 6) is -0.905. The van der Waals surface area contributed by atoms with Crippen molar-refractivity contribution in [2.75, 3.05) is 13.2 Å². The molecular weight excluding hydrogens is 243 g/mol. The van der Waals surface area contributed by atoms with Gasteiger partial charge >= 0.3 is 6.18 Å². The second kappa shape index (κ2) is 5.59. The van der Waals surface area contributed by atoms with E-state index in [9.17, 15) is 18.0 Å². The summed E-state index contributed by atoms with van der Waals surface area (Å²) in [5, 5.41) is 6.97. The van der Waals surface area contributed by atoms with Crippen LogP contribution in [0.4, 0.5) is 13.2 Å². The van der Waals surface area contributed by atoms with Gasteiger partial charge in [-0.1, -0.05) is 5.21 Å². The predicted molar refractivity (Wildman–Crippen MR) is 48.5 cm³/mol. The molecule has 0 aromatic carbocycles. The Morgan fingerprint density at radius 2 is 2.29 bits per heavy atom. The zero-order chi connectivity index (χ0) is 12.9. The summed E-state index contributed by atoms with van der Waals surface area (Å²) in [6.45, 7) is -0.922. The monoisotopic (exact) mass is 253 g/mol. The molecule has 0 spiro atoms. The number of carbonyl (C=O) groups is 1. The Kier molecular flexibility index (Phi) is 4.40.